The zero-order chi connectivity index (χ0) is 12.1. The van der Waals surface area contributed by atoms with Gasteiger partial charge in [-0.3, -0.25) is 4.79 Å². The van der Waals surface area contributed by atoms with Crippen LogP contribution in [0.3, 0.4) is 0 Å². The highest BCUT2D eigenvalue weighted by molar-refractivity contribution is 5.78. The number of nitrogens with two attached hydrogens (primary N) is 1. The molecule has 96 valence electrons. The van der Waals surface area contributed by atoms with Crippen molar-refractivity contribution in [1.82, 2.24) is 5.32 Å². The maximum Gasteiger partial charge on any atom is 0.224 e. The minimum atomic E-state index is 0.207. The second-order valence-electron chi connectivity index (χ2n) is 5.46. The van der Waals surface area contributed by atoms with Gasteiger partial charge in [0, 0.05) is 18.5 Å². The van der Waals surface area contributed by atoms with Crippen LogP contribution in [0.2, 0.25) is 0 Å². The SMILES string of the molecule is NC1CCC(NC(=O)CC2=CCCCC2)CC1. The van der Waals surface area contributed by atoms with Crippen LogP contribution in [0.25, 0.3) is 0 Å². The molecule has 1 fully saturated rings. The van der Waals surface area contributed by atoms with Crippen LogP contribution in [-0.4, -0.2) is 18.0 Å². The van der Waals surface area contributed by atoms with Crippen molar-refractivity contribution in [1.29, 1.82) is 0 Å². The summed E-state index contributed by atoms with van der Waals surface area (Å²) in [6.45, 7) is 0. The Morgan fingerprint density at radius 1 is 1.29 bits per heavy atom. The molecule has 1 amide bonds. The first-order valence-electron chi connectivity index (χ1n) is 6.97. The highest BCUT2D eigenvalue weighted by atomic mass is 16.1. The average molecular weight is 236 g/mol. The molecule has 0 aromatic carbocycles. The lowest BCUT2D eigenvalue weighted by Crippen LogP contribution is -2.40. The van der Waals surface area contributed by atoms with Gasteiger partial charge in [-0.2, -0.15) is 0 Å². The first-order valence-corrected chi connectivity index (χ1v) is 6.97. The Morgan fingerprint density at radius 3 is 2.71 bits per heavy atom. The number of carbonyl (C=O) groups excluding carboxylic acids is 1. The minimum absolute atomic E-state index is 0.207. The van der Waals surface area contributed by atoms with E-state index in [0.29, 0.717) is 18.5 Å². The van der Waals surface area contributed by atoms with Gasteiger partial charge >= 0.3 is 0 Å². The molecule has 0 atom stereocenters. The van der Waals surface area contributed by atoms with E-state index >= 15 is 0 Å². The highest BCUT2D eigenvalue weighted by Gasteiger charge is 2.20. The van der Waals surface area contributed by atoms with E-state index in [0.717, 1.165) is 38.5 Å². The van der Waals surface area contributed by atoms with Gasteiger partial charge in [0.2, 0.25) is 5.91 Å². The van der Waals surface area contributed by atoms with Crippen molar-refractivity contribution in [2.24, 2.45) is 5.73 Å². The van der Waals surface area contributed by atoms with E-state index in [9.17, 15) is 4.79 Å². The van der Waals surface area contributed by atoms with Crippen LogP contribution < -0.4 is 11.1 Å². The van der Waals surface area contributed by atoms with Gasteiger partial charge in [0.15, 0.2) is 0 Å². The van der Waals surface area contributed by atoms with Crippen molar-refractivity contribution >= 4 is 5.91 Å². The zero-order valence-corrected chi connectivity index (χ0v) is 10.6. The fourth-order valence-corrected chi connectivity index (χ4v) is 2.81. The summed E-state index contributed by atoms with van der Waals surface area (Å²) < 4.78 is 0. The normalized spacial score (nSPS) is 29.6. The van der Waals surface area contributed by atoms with E-state index in [1.807, 2.05) is 0 Å². The molecule has 0 radical (unpaired) electrons. The van der Waals surface area contributed by atoms with Crippen LogP contribution >= 0.6 is 0 Å². The molecule has 0 saturated heterocycles. The van der Waals surface area contributed by atoms with Gasteiger partial charge in [-0.05, 0) is 51.4 Å². The van der Waals surface area contributed by atoms with Crippen molar-refractivity contribution in [3.8, 4) is 0 Å². The van der Waals surface area contributed by atoms with Crippen molar-refractivity contribution in [2.75, 3.05) is 0 Å². The fraction of sp³-hybridized carbons (Fsp3) is 0.786. The lowest BCUT2D eigenvalue weighted by Gasteiger charge is -2.27. The Hall–Kier alpha value is -0.830. The van der Waals surface area contributed by atoms with E-state index in [-0.39, 0.29) is 5.91 Å². The molecule has 0 aliphatic heterocycles. The molecule has 0 bridgehead atoms. The topological polar surface area (TPSA) is 55.1 Å². The molecule has 0 aromatic rings. The Balaban J connectivity index is 1.71. The molecule has 3 N–H and O–H groups in total. The van der Waals surface area contributed by atoms with Crippen LogP contribution in [0.5, 0.6) is 0 Å². The fourth-order valence-electron chi connectivity index (χ4n) is 2.81. The zero-order valence-electron chi connectivity index (χ0n) is 10.6. The van der Waals surface area contributed by atoms with E-state index < -0.39 is 0 Å². The smallest absolute Gasteiger partial charge is 0.224 e. The third kappa shape index (κ3) is 4.15. The lowest BCUT2D eigenvalue weighted by molar-refractivity contribution is -0.121. The number of hydrogen-bond acceptors (Lipinski definition) is 2. The molecule has 0 unspecified atom stereocenters. The summed E-state index contributed by atoms with van der Waals surface area (Å²) in [7, 11) is 0. The van der Waals surface area contributed by atoms with Crippen LogP contribution in [-0.2, 0) is 4.79 Å². The Morgan fingerprint density at radius 2 is 2.06 bits per heavy atom. The van der Waals surface area contributed by atoms with Gasteiger partial charge in [-0.1, -0.05) is 11.6 Å². The van der Waals surface area contributed by atoms with Crippen molar-refractivity contribution in [3.05, 3.63) is 11.6 Å². The highest BCUT2D eigenvalue weighted by Crippen LogP contribution is 2.21. The van der Waals surface area contributed by atoms with Crippen LogP contribution in [0, 0.1) is 0 Å². The van der Waals surface area contributed by atoms with Crippen molar-refractivity contribution in [3.63, 3.8) is 0 Å². The summed E-state index contributed by atoms with van der Waals surface area (Å²) in [6.07, 6.45) is 11.9. The van der Waals surface area contributed by atoms with E-state index in [1.165, 1.54) is 18.4 Å². The molecule has 0 heterocycles. The summed E-state index contributed by atoms with van der Waals surface area (Å²) in [5.41, 5.74) is 7.19. The molecule has 3 heteroatoms. The minimum Gasteiger partial charge on any atom is -0.353 e. The third-order valence-electron chi connectivity index (χ3n) is 3.91. The van der Waals surface area contributed by atoms with Crippen molar-refractivity contribution < 1.29 is 4.79 Å². The Labute approximate surface area is 104 Å². The molecule has 17 heavy (non-hydrogen) atoms. The van der Waals surface area contributed by atoms with Gasteiger partial charge in [0.05, 0.1) is 0 Å². The quantitative estimate of drug-likeness (QED) is 0.738. The number of hydrogen-bond donors (Lipinski definition) is 2. The molecule has 2 rings (SSSR count). The molecule has 0 aromatic heterocycles. The van der Waals surface area contributed by atoms with E-state index in [1.54, 1.807) is 0 Å². The third-order valence-corrected chi connectivity index (χ3v) is 3.91. The van der Waals surface area contributed by atoms with Gasteiger partial charge in [-0.15, -0.1) is 0 Å². The monoisotopic (exact) mass is 236 g/mol. The first-order chi connectivity index (χ1) is 8.24. The largest absolute Gasteiger partial charge is 0.353 e. The van der Waals surface area contributed by atoms with Gasteiger partial charge in [0.1, 0.15) is 0 Å². The number of carbonyl (C=O) groups is 1. The predicted molar refractivity (Wildman–Crippen MR) is 69.5 cm³/mol. The lowest BCUT2D eigenvalue weighted by atomic mass is 9.91. The summed E-state index contributed by atoms with van der Waals surface area (Å²) in [6, 6.07) is 0.718. The van der Waals surface area contributed by atoms with Crippen LogP contribution in [0.4, 0.5) is 0 Å². The molecular weight excluding hydrogens is 212 g/mol. The molecule has 1 saturated carbocycles. The molecule has 3 nitrogen and oxygen atoms in total. The Bertz CT molecular complexity index is 291. The maximum atomic E-state index is 11.9. The standard InChI is InChI=1S/C14H24N2O/c15-12-6-8-13(9-7-12)16-14(17)10-11-4-2-1-3-5-11/h4,12-13H,1-3,5-10,15H2,(H,16,17). The van der Waals surface area contributed by atoms with Gasteiger partial charge in [0.25, 0.3) is 0 Å². The van der Waals surface area contributed by atoms with Crippen LogP contribution in [0.15, 0.2) is 11.6 Å². The molecular formula is C14H24N2O. The maximum absolute atomic E-state index is 11.9. The summed E-state index contributed by atoms with van der Waals surface area (Å²) in [4.78, 5) is 11.9. The second kappa shape index (κ2) is 6.20. The number of rotatable bonds is 3. The van der Waals surface area contributed by atoms with E-state index in [4.69, 9.17) is 5.73 Å². The summed E-state index contributed by atoms with van der Waals surface area (Å²) in [5.74, 6) is 0.207. The summed E-state index contributed by atoms with van der Waals surface area (Å²) in [5, 5.41) is 3.15. The number of allylic oxidation sites excluding steroid dienone is 1. The number of amides is 1. The Kier molecular flexibility index (Phi) is 4.60. The number of nitrogens with one attached hydrogen (secondary N) is 1. The molecule has 0 spiro atoms. The van der Waals surface area contributed by atoms with Crippen LogP contribution in [0.1, 0.15) is 57.8 Å². The molecule has 2 aliphatic carbocycles. The van der Waals surface area contributed by atoms with Gasteiger partial charge < -0.3 is 11.1 Å². The first kappa shape index (κ1) is 12.6. The van der Waals surface area contributed by atoms with Gasteiger partial charge in [-0.25, -0.2) is 0 Å². The van der Waals surface area contributed by atoms with E-state index in [2.05, 4.69) is 11.4 Å². The molecule has 2 aliphatic rings. The summed E-state index contributed by atoms with van der Waals surface area (Å²) >= 11 is 0. The second-order valence-corrected chi connectivity index (χ2v) is 5.46. The average Bonchev–Trinajstić information content (AvgIpc) is 2.33. The predicted octanol–water partition coefficient (Wildman–Crippen LogP) is 2.26. The van der Waals surface area contributed by atoms with Crippen molar-refractivity contribution in [2.45, 2.75) is 69.9 Å².